The van der Waals surface area contributed by atoms with Crippen molar-refractivity contribution in [2.24, 2.45) is 0 Å². The van der Waals surface area contributed by atoms with E-state index < -0.39 is 11.9 Å². The first-order valence-electron chi connectivity index (χ1n) is 8.33. The van der Waals surface area contributed by atoms with E-state index in [0.717, 1.165) is 42.3 Å². The lowest BCUT2D eigenvalue weighted by atomic mass is 9.96. The van der Waals surface area contributed by atoms with Gasteiger partial charge in [0.25, 0.3) is 0 Å². The van der Waals surface area contributed by atoms with Crippen LogP contribution in [-0.2, 0) is 25.6 Å². The number of aryl methyl sites for hydroxylation is 1. The Morgan fingerprint density at radius 3 is 2.62 bits per heavy atom. The zero-order chi connectivity index (χ0) is 18.1. The number of aromatic nitrogens is 5. The van der Waals surface area contributed by atoms with Gasteiger partial charge in [-0.15, -0.1) is 0 Å². The molecule has 136 valence electrons. The molecule has 0 aliphatic heterocycles. The highest BCUT2D eigenvalue weighted by molar-refractivity contribution is 5.34. The Kier molecular flexibility index (Phi) is 4.23. The van der Waals surface area contributed by atoms with Crippen molar-refractivity contribution in [1.82, 2.24) is 30.5 Å². The van der Waals surface area contributed by atoms with Crippen molar-refractivity contribution < 1.29 is 13.2 Å². The molecule has 0 amide bonds. The predicted octanol–water partition coefficient (Wildman–Crippen LogP) is 2.66. The Hall–Kier alpha value is -2.68. The fraction of sp³-hybridized carbons (Fsp3) is 0.353. The maximum atomic E-state index is 12.6. The van der Waals surface area contributed by atoms with E-state index >= 15 is 0 Å². The van der Waals surface area contributed by atoms with Crippen molar-refractivity contribution in [3.05, 3.63) is 59.2 Å². The molecular formula is C17H17F3N6. The van der Waals surface area contributed by atoms with Crippen molar-refractivity contribution in [3.8, 4) is 5.69 Å². The van der Waals surface area contributed by atoms with Gasteiger partial charge in [0, 0.05) is 25.2 Å². The number of benzene rings is 1. The van der Waals surface area contributed by atoms with E-state index in [4.69, 9.17) is 0 Å². The van der Waals surface area contributed by atoms with E-state index in [0.29, 0.717) is 18.3 Å². The number of hydrogen-bond acceptors (Lipinski definition) is 4. The van der Waals surface area contributed by atoms with Crippen LogP contribution >= 0.6 is 0 Å². The van der Waals surface area contributed by atoms with Crippen LogP contribution in [0.4, 0.5) is 13.2 Å². The molecule has 2 N–H and O–H groups in total. The highest BCUT2D eigenvalue weighted by Crippen LogP contribution is 2.27. The van der Waals surface area contributed by atoms with E-state index in [2.05, 4.69) is 25.8 Å². The summed E-state index contributed by atoms with van der Waals surface area (Å²) >= 11 is 0. The molecule has 0 radical (unpaired) electrons. The van der Waals surface area contributed by atoms with E-state index in [-0.39, 0.29) is 0 Å². The number of fused-ring (bicyclic) bond motifs is 1. The number of nitrogens with zero attached hydrogens (tertiary/aromatic N) is 4. The van der Waals surface area contributed by atoms with Crippen LogP contribution in [0.25, 0.3) is 5.69 Å². The predicted molar refractivity (Wildman–Crippen MR) is 87.6 cm³/mol. The van der Waals surface area contributed by atoms with Gasteiger partial charge in [0.1, 0.15) is 0 Å². The van der Waals surface area contributed by atoms with Crippen molar-refractivity contribution in [2.75, 3.05) is 0 Å². The molecule has 26 heavy (non-hydrogen) atoms. The van der Waals surface area contributed by atoms with E-state index in [1.54, 1.807) is 12.1 Å². The molecule has 4 rings (SSSR count). The summed E-state index contributed by atoms with van der Waals surface area (Å²) in [5.74, 6) is 0. The summed E-state index contributed by atoms with van der Waals surface area (Å²) in [7, 11) is 0. The zero-order valence-corrected chi connectivity index (χ0v) is 13.8. The molecule has 0 fully saturated rings. The minimum absolute atomic E-state index is 0.340. The fourth-order valence-electron chi connectivity index (χ4n) is 3.11. The summed E-state index contributed by atoms with van der Waals surface area (Å²) in [6.45, 7) is 0.686. The quantitative estimate of drug-likeness (QED) is 0.749. The first-order valence-corrected chi connectivity index (χ1v) is 8.33. The summed E-state index contributed by atoms with van der Waals surface area (Å²) < 4.78 is 39.1. The van der Waals surface area contributed by atoms with Crippen LogP contribution in [0.15, 0.2) is 36.5 Å². The normalized spacial score (nSPS) is 17.3. The molecule has 6 nitrogen and oxygen atoms in total. The summed E-state index contributed by atoms with van der Waals surface area (Å²) in [5, 5.41) is 18.0. The van der Waals surface area contributed by atoms with Gasteiger partial charge < -0.3 is 5.32 Å². The van der Waals surface area contributed by atoms with Crippen LogP contribution < -0.4 is 5.32 Å². The van der Waals surface area contributed by atoms with Crippen molar-refractivity contribution >= 4 is 0 Å². The second-order valence-corrected chi connectivity index (χ2v) is 6.35. The Morgan fingerprint density at radius 1 is 1.12 bits per heavy atom. The van der Waals surface area contributed by atoms with E-state index in [1.807, 2.05) is 12.1 Å². The molecule has 1 aliphatic rings. The molecule has 2 aromatic heterocycles. The molecule has 1 unspecified atom stereocenters. The third-order valence-electron chi connectivity index (χ3n) is 4.55. The van der Waals surface area contributed by atoms with Crippen LogP contribution in [0.3, 0.4) is 0 Å². The fourth-order valence-corrected chi connectivity index (χ4v) is 3.11. The number of halogens is 3. The standard InChI is InChI=1S/C17H17F3N6/c18-17(19,20)16-7-8-26(24-16)13-4-1-11(2-5-13)10-21-12-3-6-14-15(9-12)23-25-22-14/h1-2,4-5,7-8,12,21H,3,6,9-10H2,(H,22,23,25). The SMILES string of the molecule is FC(F)(F)c1ccn(-c2ccc(CNC3CCc4n[nH]nc4C3)cc2)n1. The average Bonchev–Trinajstić information content (AvgIpc) is 3.29. The first kappa shape index (κ1) is 16.8. The molecule has 1 atom stereocenters. The van der Waals surface area contributed by atoms with E-state index in [9.17, 15) is 13.2 Å². The number of H-pyrrole nitrogens is 1. The van der Waals surface area contributed by atoms with Gasteiger partial charge in [-0.2, -0.15) is 33.7 Å². The highest BCUT2D eigenvalue weighted by atomic mass is 19.4. The number of aromatic amines is 1. The van der Waals surface area contributed by atoms with Gasteiger partial charge in [0.2, 0.25) is 0 Å². The van der Waals surface area contributed by atoms with Crippen LogP contribution in [0.2, 0.25) is 0 Å². The molecule has 9 heteroatoms. The number of rotatable bonds is 4. The van der Waals surface area contributed by atoms with Gasteiger partial charge in [0.05, 0.1) is 17.1 Å². The van der Waals surface area contributed by atoms with Crippen LogP contribution in [0.5, 0.6) is 0 Å². The van der Waals surface area contributed by atoms with Crippen molar-refractivity contribution in [3.63, 3.8) is 0 Å². The average molecular weight is 362 g/mol. The number of hydrogen-bond donors (Lipinski definition) is 2. The minimum Gasteiger partial charge on any atom is -0.310 e. The minimum atomic E-state index is -4.43. The van der Waals surface area contributed by atoms with Crippen LogP contribution in [-0.4, -0.2) is 31.2 Å². The lowest BCUT2D eigenvalue weighted by Gasteiger charge is -2.21. The highest BCUT2D eigenvalue weighted by Gasteiger charge is 2.33. The molecular weight excluding hydrogens is 345 g/mol. The van der Waals surface area contributed by atoms with Crippen molar-refractivity contribution in [1.29, 1.82) is 0 Å². The van der Waals surface area contributed by atoms with Gasteiger partial charge in [-0.05, 0) is 36.6 Å². The zero-order valence-electron chi connectivity index (χ0n) is 13.8. The van der Waals surface area contributed by atoms with Gasteiger partial charge in [-0.1, -0.05) is 12.1 Å². The monoisotopic (exact) mass is 362 g/mol. The molecule has 0 saturated heterocycles. The Labute approximate surface area is 147 Å². The Balaban J connectivity index is 1.37. The largest absolute Gasteiger partial charge is 0.435 e. The van der Waals surface area contributed by atoms with E-state index in [1.165, 1.54) is 10.9 Å². The summed E-state index contributed by atoms with van der Waals surface area (Å²) in [4.78, 5) is 0. The van der Waals surface area contributed by atoms with Gasteiger partial charge >= 0.3 is 6.18 Å². The molecule has 0 spiro atoms. The smallest absolute Gasteiger partial charge is 0.310 e. The third-order valence-corrected chi connectivity index (χ3v) is 4.55. The van der Waals surface area contributed by atoms with Gasteiger partial charge in [-0.3, -0.25) is 0 Å². The molecule has 1 aromatic carbocycles. The molecule has 1 aliphatic carbocycles. The third kappa shape index (κ3) is 3.48. The van der Waals surface area contributed by atoms with Gasteiger partial charge in [-0.25, -0.2) is 4.68 Å². The molecule has 0 bridgehead atoms. The summed E-state index contributed by atoms with van der Waals surface area (Å²) in [5.41, 5.74) is 2.82. The van der Waals surface area contributed by atoms with Crippen LogP contribution in [0, 0.1) is 0 Å². The summed E-state index contributed by atoms with van der Waals surface area (Å²) in [6, 6.07) is 8.62. The summed E-state index contributed by atoms with van der Waals surface area (Å²) in [6.07, 6.45) is -0.363. The lowest BCUT2D eigenvalue weighted by Crippen LogP contribution is -2.34. The number of nitrogens with one attached hydrogen (secondary N) is 2. The second kappa shape index (κ2) is 6.56. The maximum absolute atomic E-state index is 12.6. The van der Waals surface area contributed by atoms with Gasteiger partial charge in [0.15, 0.2) is 5.69 Å². The molecule has 0 saturated carbocycles. The van der Waals surface area contributed by atoms with Crippen molar-refractivity contribution in [2.45, 2.75) is 38.0 Å². The second-order valence-electron chi connectivity index (χ2n) is 6.35. The van der Waals surface area contributed by atoms with Crippen LogP contribution in [0.1, 0.15) is 29.1 Å². The Bertz CT molecular complexity index is 881. The Morgan fingerprint density at radius 2 is 1.88 bits per heavy atom. The first-order chi connectivity index (χ1) is 12.5. The number of alkyl halides is 3. The lowest BCUT2D eigenvalue weighted by molar-refractivity contribution is -0.141. The topological polar surface area (TPSA) is 71.4 Å². The molecule has 2 heterocycles. The molecule has 3 aromatic rings. The maximum Gasteiger partial charge on any atom is 0.435 e.